The lowest BCUT2D eigenvalue weighted by Gasteiger charge is -2.39. The summed E-state index contributed by atoms with van der Waals surface area (Å²) < 4.78 is 6.76. The Balaban J connectivity index is 1.73. The van der Waals surface area contributed by atoms with Crippen LogP contribution in [0.2, 0.25) is 0 Å². The quantitative estimate of drug-likeness (QED) is 0.569. The summed E-state index contributed by atoms with van der Waals surface area (Å²) in [6.45, 7) is 1.62. The number of hydrogen-bond acceptors (Lipinski definition) is 7. The maximum absolute atomic E-state index is 10.1. The first-order valence-electron chi connectivity index (χ1n) is 8.32. The molecule has 25 heavy (non-hydrogen) atoms. The molecule has 8 nitrogen and oxygen atoms in total. The Labute approximate surface area is 145 Å². The Morgan fingerprint density at radius 1 is 1.04 bits per heavy atom. The van der Waals surface area contributed by atoms with E-state index in [1.807, 2.05) is 12.1 Å². The van der Waals surface area contributed by atoms with Gasteiger partial charge in [-0.15, -0.1) is 5.10 Å². The number of nitrogens with zero attached hydrogens (tertiary/aromatic N) is 3. The molecule has 2 unspecified atom stereocenters. The summed E-state index contributed by atoms with van der Waals surface area (Å²) >= 11 is 0. The Hall–Kier alpha value is -1.84. The molecule has 0 bridgehead atoms. The standard InChI is InChI=1S/C17H23N3O5/c1-2-10-3-5-11(6-4-10)7-12-8-20(19-18-12)17-16(24)15(23)14(22)13(9-21)25-17/h3-6,8,13-17,21-24H,2,7,9H2,1H3/t13-,14-,15?,16-,17?/m1/s1. The average Bonchev–Trinajstić information content (AvgIpc) is 3.09. The molecule has 3 rings (SSSR count). The summed E-state index contributed by atoms with van der Waals surface area (Å²) in [5.74, 6) is 0. The third-order valence-electron chi connectivity index (χ3n) is 4.50. The van der Waals surface area contributed by atoms with Crippen molar-refractivity contribution in [1.29, 1.82) is 0 Å². The number of aromatic nitrogens is 3. The van der Waals surface area contributed by atoms with Gasteiger partial charge in [0.2, 0.25) is 0 Å². The highest BCUT2D eigenvalue weighted by Crippen LogP contribution is 2.27. The first kappa shape index (κ1) is 18.0. The minimum atomic E-state index is -1.44. The van der Waals surface area contributed by atoms with Gasteiger partial charge in [0.1, 0.15) is 24.4 Å². The van der Waals surface area contributed by atoms with Gasteiger partial charge in [-0.1, -0.05) is 36.4 Å². The molecule has 2 aromatic rings. The van der Waals surface area contributed by atoms with Gasteiger partial charge in [0, 0.05) is 6.42 Å². The summed E-state index contributed by atoms with van der Waals surface area (Å²) in [6.07, 6.45) is -3.04. The van der Waals surface area contributed by atoms with E-state index in [1.54, 1.807) is 6.20 Å². The molecule has 4 N–H and O–H groups in total. The van der Waals surface area contributed by atoms with Crippen molar-refractivity contribution in [1.82, 2.24) is 15.0 Å². The highest BCUT2D eigenvalue weighted by Gasteiger charge is 2.44. The summed E-state index contributed by atoms with van der Waals surface area (Å²) in [5, 5.41) is 47.1. The van der Waals surface area contributed by atoms with E-state index in [1.165, 1.54) is 10.2 Å². The van der Waals surface area contributed by atoms with Gasteiger partial charge in [0.05, 0.1) is 18.5 Å². The zero-order valence-corrected chi connectivity index (χ0v) is 13.9. The largest absolute Gasteiger partial charge is 0.394 e. The van der Waals surface area contributed by atoms with Crippen LogP contribution in [0.3, 0.4) is 0 Å². The molecule has 136 valence electrons. The number of benzene rings is 1. The van der Waals surface area contributed by atoms with Crippen molar-refractivity contribution in [2.45, 2.75) is 50.4 Å². The number of rotatable bonds is 5. The Kier molecular flexibility index (Phi) is 5.45. The third-order valence-corrected chi connectivity index (χ3v) is 4.50. The number of hydrogen-bond donors (Lipinski definition) is 4. The van der Waals surface area contributed by atoms with E-state index in [0.717, 1.165) is 12.0 Å². The molecule has 1 fully saturated rings. The predicted molar refractivity (Wildman–Crippen MR) is 87.7 cm³/mol. The van der Waals surface area contributed by atoms with Gasteiger partial charge in [-0.2, -0.15) is 0 Å². The zero-order chi connectivity index (χ0) is 18.0. The second kappa shape index (κ2) is 7.59. The summed E-state index contributed by atoms with van der Waals surface area (Å²) in [5.41, 5.74) is 3.02. The average molecular weight is 349 g/mol. The summed E-state index contributed by atoms with van der Waals surface area (Å²) in [4.78, 5) is 0. The van der Waals surface area contributed by atoms with Gasteiger partial charge in [0.25, 0.3) is 0 Å². The molecule has 1 aliphatic rings. The molecular formula is C17H23N3O5. The van der Waals surface area contributed by atoms with Gasteiger partial charge >= 0.3 is 0 Å². The zero-order valence-electron chi connectivity index (χ0n) is 13.9. The second-order valence-electron chi connectivity index (χ2n) is 6.26. The van der Waals surface area contributed by atoms with Gasteiger partial charge in [-0.3, -0.25) is 0 Å². The fourth-order valence-corrected chi connectivity index (χ4v) is 2.92. The Morgan fingerprint density at radius 3 is 2.36 bits per heavy atom. The fourth-order valence-electron chi connectivity index (χ4n) is 2.92. The van der Waals surface area contributed by atoms with Crippen LogP contribution in [0.15, 0.2) is 30.5 Å². The molecule has 5 atom stereocenters. The molecular weight excluding hydrogens is 326 g/mol. The van der Waals surface area contributed by atoms with Crippen LogP contribution < -0.4 is 0 Å². The molecule has 1 aliphatic heterocycles. The van der Waals surface area contributed by atoms with Crippen LogP contribution in [-0.4, -0.2) is 66.4 Å². The normalized spacial score (nSPS) is 29.7. The van der Waals surface area contributed by atoms with Crippen molar-refractivity contribution in [3.8, 4) is 0 Å². The topological polar surface area (TPSA) is 121 Å². The maximum atomic E-state index is 10.1. The number of aliphatic hydroxyl groups excluding tert-OH is 4. The first-order chi connectivity index (χ1) is 12.0. The number of aliphatic hydroxyl groups is 4. The minimum Gasteiger partial charge on any atom is -0.394 e. The second-order valence-corrected chi connectivity index (χ2v) is 6.26. The molecule has 0 radical (unpaired) electrons. The van der Waals surface area contributed by atoms with Gasteiger partial charge in [-0.25, -0.2) is 4.68 Å². The van der Waals surface area contributed by atoms with Crippen LogP contribution in [-0.2, 0) is 17.6 Å². The molecule has 1 aromatic heterocycles. The molecule has 0 aliphatic carbocycles. The Bertz CT molecular complexity index is 688. The van der Waals surface area contributed by atoms with Crippen molar-refractivity contribution >= 4 is 0 Å². The third kappa shape index (κ3) is 3.73. The van der Waals surface area contributed by atoms with Gasteiger partial charge in [-0.05, 0) is 17.5 Å². The van der Waals surface area contributed by atoms with Crippen LogP contribution in [0.5, 0.6) is 0 Å². The molecule has 1 aromatic carbocycles. The van der Waals surface area contributed by atoms with Gasteiger partial charge < -0.3 is 25.2 Å². The lowest BCUT2D eigenvalue weighted by molar-refractivity contribution is -0.254. The smallest absolute Gasteiger partial charge is 0.180 e. The monoisotopic (exact) mass is 349 g/mol. The molecule has 8 heteroatoms. The van der Waals surface area contributed by atoms with Crippen molar-refractivity contribution in [2.24, 2.45) is 0 Å². The summed E-state index contributed by atoms with van der Waals surface area (Å²) in [7, 11) is 0. The van der Waals surface area contributed by atoms with Crippen LogP contribution in [0.1, 0.15) is 30.0 Å². The van der Waals surface area contributed by atoms with Crippen molar-refractivity contribution in [2.75, 3.05) is 6.61 Å². The van der Waals surface area contributed by atoms with E-state index in [4.69, 9.17) is 4.74 Å². The summed E-state index contributed by atoms with van der Waals surface area (Å²) in [6, 6.07) is 8.20. The van der Waals surface area contributed by atoms with Crippen LogP contribution in [0.25, 0.3) is 0 Å². The minimum absolute atomic E-state index is 0.479. The van der Waals surface area contributed by atoms with E-state index in [2.05, 4.69) is 29.4 Å². The maximum Gasteiger partial charge on any atom is 0.180 e. The molecule has 0 spiro atoms. The fraction of sp³-hybridized carbons (Fsp3) is 0.529. The Morgan fingerprint density at radius 2 is 1.72 bits per heavy atom. The lowest BCUT2D eigenvalue weighted by atomic mass is 9.98. The highest BCUT2D eigenvalue weighted by molar-refractivity contribution is 5.25. The molecule has 0 amide bonds. The number of aryl methyl sites for hydroxylation is 1. The molecule has 1 saturated heterocycles. The van der Waals surface area contributed by atoms with E-state index >= 15 is 0 Å². The lowest BCUT2D eigenvalue weighted by Crippen LogP contribution is -2.56. The van der Waals surface area contributed by atoms with Crippen LogP contribution in [0, 0.1) is 0 Å². The molecule has 2 heterocycles. The SMILES string of the molecule is CCc1ccc(Cc2cn(C3O[C@H](CO)[C@@H](O)C(O)[C@H]3O)nn2)cc1. The number of ether oxygens (including phenoxy) is 1. The van der Waals surface area contributed by atoms with E-state index in [0.29, 0.717) is 12.1 Å². The van der Waals surface area contributed by atoms with Crippen LogP contribution >= 0.6 is 0 Å². The van der Waals surface area contributed by atoms with Crippen molar-refractivity contribution < 1.29 is 25.2 Å². The molecule has 0 saturated carbocycles. The first-order valence-corrected chi connectivity index (χ1v) is 8.32. The van der Waals surface area contributed by atoms with E-state index in [9.17, 15) is 20.4 Å². The highest BCUT2D eigenvalue weighted by atomic mass is 16.6. The van der Waals surface area contributed by atoms with E-state index in [-0.39, 0.29) is 0 Å². The predicted octanol–water partition coefficient (Wildman–Crippen LogP) is -0.596. The van der Waals surface area contributed by atoms with Gasteiger partial charge in [0.15, 0.2) is 6.23 Å². The van der Waals surface area contributed by atoms with Crippen molar-refractivity contribution in [3.05, 3.63) is 47.3 Å². The van der Waals surface area contributed by atoms with E-state index < -0.39 is 37.3 Å². The van der Waals surface area contributed by atoms with Crippen molar-refractivity contribution in [3.63, 3.8) is 0 Å². The van der Waals surface area contributed by atoms with Crippen LogP contribution in [0.4, 0.5) is 0 Å².